The highest BCUT2D eigenvalue weighted by molar-refractivity contribution is 14.1. The van der Waals surface area contributed by atoms with Gasteiger partial charge in [-0.1, -0.05) is 74.6 Å². The fraction of sp³-hybridized carbons (Fsp3) is 0.280. The molecule has 0 saturated carbocycles. The van der Waals surface area contributed by atoms with Gasteiger partial charge < -0.3 is 0 Å². The summed E-state index contributed by atoms with van der Waals surface area (Å²) in [7, 11) is 0. The van der Waals surface area contributed by atoms with Gasteiger partial charge in [-0.25, -0.2) is 0 Å². The summed E-state index contributed by atoms with van der Waals surface area (Å²) >= 11 is 2.50. The summed E-state index contributed by atoms with van der Waals surface area (Å²) in [6.07, 6.45) is 20.6. The van der Waals surface area contributed by atoms with Crippen LogP contribution in [0.3, 0.4) is 0 Å². The third-order valence-corrected chi connectivity index (χ3v) is 7.34. The Bertz CT molecular complexity index is 975. The summed E-state index contributed by atoms with van der Waals surface area (Å²) < 4.78 is 1.47. The van der Waals surface area contributed by atoms with Crippen molar-refractivity contribution in [2.45, 2.75) is 32.1 Å². The smallest absolute Gasteiger partial charge is 0.00618 e. The number of benzene rings is 1. The van der Waals surface area contributed by atoms with E-state index in [1.54, 1.807) is 0 Å². The number of fused-ring (bicyclic) bond motifs is 4. The molecule has 0 amide bonds. The van der Waals surface area contributed by atoms with Crippen molar-refractivity contribution in [2.24, 2.45) is 11.8 Å². The number of allylic oxidation sites excluding steroid dienone is 12. The van der Waals surface area contributed by atoms with E-state index in [1.165, 1.54) is 43.4 Å². The van der Waals surface area contributed by atoms with E-state index in [0.29, 0.717) is 11.8 Å². The van der Waals surface area contributed by atoms with Crippen molar-refractivity contribution in [3.05, 3.63) is 92.7 Å². The first-order chi connectivity index (χ1) is 12.6. The molecule has 1 aromatic carbocycles. The van der Waals surface area contributed by atoms with Gasteiger partial charge in [-0.05, 0) is 89.8 Å². The lowest BCUT2D eigenvalue weighted by Crippen LogP contribution is -2.24. The Morgan fingerprint density at radius 3 is 2.85 bits per heavy atom. The topological polar surface area (TPSA) is 0 Å². The molecule has 26 heavy (non-hydrogen) atoms. The Morgan fingerprint density at radius 2 is 1.96 bits per heavy atom. The standard InChI is InChI=1S/C25H23I/c1-25(2)23-14-17(20-9-5-7-16-6-3-4-8-19(16)20)10-12-21(23)22-13-11-18(26)15-24(22)25/h3-6,8-14,16,24H,7,15H2,1-2H3. The summed E-state index contributed by atoms with van der Waals surface area (Å²) in [5.41, 5.74) is 8.94. The number of hydrogen-bond acceptors (Lipinski definition) is 0. The van der Waals surface area contributed by atoms with Crippen molar-refractivity contribution < 1.29 is 0 Å². The Morgan fingerprint density at radius 1 is 1.08 bits per heavy atom. The second kappa shape index (κ2) is 5.95. The lowest BCUT2D eigenvalue weighted by molar-refractivity contribution is 0.414. The van der Waals surface area contributed by atoms with Gasteiger partial charge in [0.15, 0.2) is 0 Å². The van der Waals surface area contributed by atoms with Crippen molar-refractivity contribution in [1.29, 1.82) is 0 Å². The van der Waals surface area contributed by atoms with Crippen LogP contribution in [0.2, 0.25) is 0 Å². The molecule has 0 aliphatic heterocycles. The molecule has 130 valence electrons. The van der Waals surface area contributed by atoms with Crippen LogP contribution >= 0.6 is 22.6 Å². The zero-order valence-corrected chi connectivity index (χ0v) is 17.5. The highest BCUT2D eigenvalue weighted by Crippen LogP contribution is 2.55. The predicted octanol–water partition coefficient (Wildman–Crippen LogP) is 7.16. The van der Waals surface area contributed by atoms with Gasteiger partial charge in [0.05, 0.1) is 0 Å². The largest absolute Gasteiger partial charge is 0.0830 e. The van der Waals surface area contributed by atoms with Crippen molar-refractivity contribution in [3.8, 4) is 0 Å². The monoisotopic (exact) mass is 450 g/mol. The maximum atomic E-state index is 2.50. The van der Waals surface area contributed by atoms with Crippen LogP contribution in [-0.4, -0.2) is 0 Å². The molecule has 1 aromatic rings. The lowest BCUT2D eigenvalue weighted by atomic mass is 9.74. The summed E-state index contributed by atoms with van der Waals surface area (Å²) in [5.74, 6) is 1.15. The highest BCUT2D eigenvalue weighted by atomic mass is 127. The highest BCUT2D eigenvalue weighted by Gasteiger charge is 2.43. The Balaban J connectivity index is 1.65. The van der Waals surface area contributed by atoms with E-state index >= 15 is 0 Å². The first-order valence-electron chi connectivity index (χ1n) is 9.53. The third kappa shape index (κ3) is 2.40. The average molecular weight is 450 g/mol. The minimum Gasteiger partial charge on any atom is -0.0830 e. The van der Waals surface area contributed by atoms with Crippen LogP contribution in [0.1, 0.15) is 43.4 Å². The summed E-state index contributed by atoms with van der Waals surface area (Å²) in [5, 5.41) is 0. The van der Waals surface area contributed by atoms with E-state index < -0.39 is 0 Å². The van der Waals surface area contributed by atoms with Crippen LogP contribution in [0.4, 0.5) is 0 Å². The minimum atomic E-state index is 0.188. The van der Waals surface area contributed by atoms with Gasteiger partial charge in [-0.3, -0.25) is 0 Å². The maximum absolute atomic E-state index is 2.50. The van der Waals surface area contributed by atoms with Crippen molar-refractivity contribution in [1.82, 2.24) is 0 Å². The van der Waals surface area contributed by atoms with E-state index in [0.717, 1.165) is 6.42 Å². The van der Waals surface area contributed by atoms with Crippen LogP contribution in [0.25, 0.3) is 11.1 Å². The normalized spacial score (nSPS) is 27.7. The summed E-state index contributed by atoms with van der Waals surface area (Å²) in [4.78, 5) is 0. The number of rotatable bonds is 1. The Kier molecular flexibility index (Phi) is 3.79. The lowest BCUT2D eigenvalue weighted by Gasteiger charge is -2.30. The SMILES string of the molecule is CC1(C)c2cc(C3=C4C=CC=CC4CC=C3)ccc2C2=CC=C(I)CC21. The Labute approximate surface area is 169 Å². The van der Waals surface area contributed by atoms with Crippen LogP contribution in [0, 0.1) is 11.8 Å². The van der Waals surface area contributed by atoms with Crippen LogP contribution in [0.15, 0.2) is 76.0 Å². The van der Waals surface area contributed by atoms with E-state index in [-0.39, 0.29) is 5.41 Å². The molecular formula is C25H23I. The minimum absolute atomic E-state index is 0.188. The van der Waals surface area contributed by atoms with Crippen LogP contribution < -0.4 is 0 Å². The second-order valence-corrected chi connectivity index (χ2v) is 9.72. The first-order valence-corrected chi connectivity index (χ1v) is 10.6. The van der Waals surface area contributed by atoms with Gasteiger partial charge in [0, 0.05) is 5.92 Å². The number of hydrogen-bond donors (Lipinski definition) is 0. The van der Waals surface area contributed by atoms with Gasteiger partial charge in [0.25, 0.3) is 0 Å². The van der Waals surface area contributed by atoms with Crippen LogP contribution in [-0.2, 0) is 5.41 Å². The molecule has 0 spiro atoms. The van der Waals surface area contributed by atoms with Crippen molar-refractivity contribution in [2.75, 3.05) is 0 Å². The molecule has 4 aliphatic rings. The first kappa shape index (κ1) is 16.6. The fourth-order valence-corrected chi connectivity index (χ4v) is 5.67. The second-order valence-electron chi connectivity index (χ2n) is 8.33. The molecule has 4 aliphatic carbocycles. The van der Waals surface area contributed by atoms with Gasteiger partial charge in [-0.2, -0.15) is 0 Å². The third-order valence-electron chi connectivity index (χ3n) is 6.54. The maximum Gasteiger partial charge on any atom is 0.00618 e. The predicted molar refractivity (Wildman–Crippen MR) is 120 cm³/mol. The van der Waals surface area contributed by atoms with Gasteiger partial charge in [-0.15, -0.1) is 0 Å². The molecule has 0 radical (unpaired) electrons. The van der Waals surface area contributed by atoms with Crippen LogP contribution in [0.5, 0.6) is 0 Å². The van der Waals surface area contributed by atoms with Gasteiger partial charge >= 0.3 is 0 Å². The van der Waals surface area contributed by atoms with Crippen molar-refractivity contribution >= 4 is 33.7 Å². The quantitative estimate of drug-likeness (QED) is 0.399. The molecule has 0 aromatic heterocycles. The van der Waals surface area contributed by atoms with Gasteiger partial charge in [0.1, 0.15) is 0 Å². The zero-order chi connectivity index (χ0) is 17.9. The zero-order valence-electron chi connectivity index (χ0n) is 15.3. The molecule has 2 unspecified atom stereocenters. The van der Waals surface area contributed by atoms with Crippen molar-refractivity contribution in [3.63, 3.8) is 0 Å². The molecule has 0 fully saturated rings. The summed E-state index contributed by atoms with van der Waals surface area (Å²) in [6, 6.07) is 7.18. The fourth-order valence-electron chi connectivity index (χ4n) is 5.05. The van der Waals surface area contributed by atoms with E-state index in [1.807, 2.05) is 0 Å². The molecule has 0 saturated heterocycles. The molecular weight excluding hydrogens is 427 g/mol. The van der Waals surface area contributed by atoms with E-state index in [4.69, 9.17) is 0 Å². The molecule has 0 bridgehead atoms. The number of halogens is 1. The molecule has 2 atom stereocenters. The molecule has 1 heteroatoms. The molecule has 5 rings (SSSR count). The summed E-state index contributed by atoms with van der Waals surface area (Å²) in [6.45, 7) is 4.86. The molecule has 0 N–H and O–H groups in total. The average Bonchev–Trinajstić information content (AvgIpc) is 2.88. The Hall–Kier alpha value is -1.61. The van der Waals surface area contributed by atoms with E-state index in [9.17, 15) is 0 Å². The van der Waals surface area contributed by atoms with Gasteiger partial charge in [0.2, 0.25) is 0 Å². The molecule has 0 heterocycles. The molecule has 0 nitrogen and oxygen atoms in total. The van der Waals surface area contributed by atoms with E-state index in [2.05, 4.69) is 103 Å².